The Morgan fingerprint density at radius 1 is 1.67 bits per heavy atom. The molecule has 1 unspecified atom stereocenters. The molecule has 0 aliphatic carbocycles. The first kappa shape index (κ1) is 11.7. The van der Waals surface area contributed by atoms with Gasteiger partial charge in [-0.1, -0.05) is 6.92 Å². The smallest absolute Gasteiger partial charge is 0.219 e. The van der Waals surface area contributed by atoms with Crippen LogP contribution in [0.4, 0.5) is 0 Å². The maximum absolute atomic E-state index is 11.0. The van der Waals surface area contributed by atoms with Gasteiger partial charge in [0.1, 0.15) is 0 Å². The Balaban J connectivity index is 0.00000121. The first-order chi connectivity index (χ1) is 5.24. The van der Waals surface area contributed by atoms with Gasteiger partial charge in [0.05, 0.1) is 0 Å². The number of nitrogens with zero attached hydrogens (tertiary/aromatic N) is 1. The van der Waals surface area contributed by atoms with Crippen LogP contribution < -0.4 is 5.32 Å². The van der Waals surface area contributed by atoms with Gasteiger partial charge in [0.25, 0.3) is 0 Å². The van der Waals surface area contributed by atoms with E-state index in [-0.39, 0.29) is 18.3 Å². The van der Waals surface area contributed by atoms with Crippen molar-refractivity contribution in [1.82, 2.24) is 10.2 Å². The molecule has 1 N–H and O–H groups in total. The Morgan fingerprint density at radius 3 is 2.83 bits per heavy atom. The molecule has 0 aromatic carbocycles. The number of halogens is 1. The maximum atomic E-state index is 11.0. The lowest BCUT2D eigenvalue weighted by atomic mass is 10.1. The Hall–Kier alpha value is -0.280. The average molecular weight is 193 g/mol. The summed E-state index contributed by atoms with van der Waals surface area (Å²) in [6.07, 6.45) is 1.10. The third-order valence-electron chi connectivity index (χ3n) is 2.19. The van der Waals surface area contributed by atoms with Crippen molar-refractivity contribution < 1.29 is 4.79 Å². The minimum atomic E-state index is 0. The number of amides is 1. The van der Waals surface area contributed by atoms with Crippen LogP contribution in [0.25, 0.3) is 0 Å². The molecular formula is C8H17ClN2O. The monoisotopic (exact) mass is 192 g/mol. The fourth-order valence-corrected chi connectivity index (χ4v) is 1.38. The summed E-state index contributed by atoms with van der Waals surface area (Å²) in [7, 11) is 0. The number of piperazine rings is 1. The number of rotatable bonds is 1. The van der Waals surface area contributed by atoms with Crippen molar-refractivity contribution in [2.24, 2.45) is 0 Å². The van der Waals surface area contributed by atoms with Gasteiger partial charge in [0.15, 0.2) is 0 Å². The van der Waals surface area contributed by atoms with Gasteiger partial charge in [-0.3, -0.25) is 4.79 Å². The summed E-state index contributed by atoms with van der Waals surface area (Å²) in [4.78, 5) is 12.9. The first-order valence-electron chi connectivity index (χ1n) is 4.23. The minimum Gasteiger partial charge on any atom is -0.340 e. The van der Waals surface area contributed by atoms with Crippen LogP contribution in [-0.4, -0.2) is 36.5 Å². The van der Waals surface area contributed by atoms with Crippen molar-refractivity contribution in [1.29, 1.82) is 0 Å². The van der Waals surface area contributed by atoms with E-state index in [1.807, 2.05) is 4.90 Å². The van der Waals surface area contributed by atoms with Crippen LogP contribution in [0.5, 0.6) is 0 Å². The second-order valence-electron chi connectivity index (χ2n) is 3.02. The molecule has 1 rings (SSSR count). The molecule has 1 heterocycles. The lowest BCUT2D eigenvalue weighted by molar-refractivity contribution is -0.130. The highest BCUT2D eigenvalue weighted by Gasteiger charge is 2.18. The summed E-state index contributed by atoms with van der Waals surface area (Å²) in [5.74, 6) is 0.199. The average Bonchev–Trinajstić information content (AvgIpc) is 2.05. The molecule has 1 aliphatic heterocycles. The number of carbonyl (C=O) groups is 1. The standard InChI is InChI=1S/C8H16N2O.ClH/c1-3-8-6-10(7(2)11)5-4-9-8;/h8-9H,3-6H2,1-2H3;1H. The maximum Gasteiger partial charge on any atom is 0.219 e. The lowest BCUT2D eigenvalue weighted by Crippen LogP contribution is -2.51. The second-order valence-corrected chi connectivity index (χ2v) is 3.02. The number of nitrogens with one attached hydrogen (secondary N) is 1. The van der Waals surface area contributed by atoms with Crippen LogP contribution in [-0.2, 0) is 4.79 Å². The molecule has 0 aromatic heterocycles. The van der Waals surface area contributed by atoms with Crippen molar-refractivity contribution in [2.75, 3.05) is 19.6 Å². The number of hydrogen-bond acceptors (Lipinski definition) is 2. The first-order valence-corrected chi connectivity index (χ1v) is 4.23. The normalized spacial score (nSPS) is 23.2. The van der Waals surface area contributed by atoms with Gasteiger partial charge in [-0.25, -0.2) is 0 Å². The molecule has 3 nitrogen and oxygen atoms in total. The van der Waals surface area contributed by atoms with Gasteiger partial charge in [-0.15, -0.1) is 12.4 Å². The highest BCUT2D eigenvalue weighted by molar-refractivity contribution is 5.85. The van der Waals surface area contributed by atoms with Gasteiger partial charge in [0.2, 0.25) is 5.91 Å². The van der Waals surface area contributed by atoms with Gasteiger partial charge in [-0.2, -0.15) is 0 Å². The van der Waals surface area contributed by atoms with E-state index in [1.165, 1.54) is 0 Å². The summed E-state index contributed by atoms with van der Waals surface area (Å²) < 4.78 is 0. The molecule has 12 heavy (non-hydrogen) atoms. The lowest BCUT2D eigenvalue weighted by Gasteiger charge is -2.32. The molecule has 0 spiro atoms. The molecule has 1 saturated heterocycles. The van der Waals surface area contributed by atoms with Gasteiger partial charge >= 0.3 is 0 Å². The van der Waals surface area contributed by atoms with Crippen LogP contribution >= 0.6 is 12.4 Å². The Bertz CT molecular complexity index is 152. The third-order valence-corrected chi connectivity index (χ3v) is 2.19. The zero-order valence-corrected chi connectivity index (χ0v) is 8.49. The molecule has 0 bridgehead atoms. The van der Waals surface area contributed by atoms with Crippen LogP contribution in [0.15, 0.2) is 0 Å². The van der Waals surface area contributed by atoms with Gasteiger partial charge in [0, 0.05) is 32.6 Å². The van der Waals surface area contributed by atoms with E-state index in [0.717, 1.165) is 26.1 Å². The van der Waals surface area contributed by atoms with E-state index < -0.39 is 0 Å². The molecule has 1 atom stereocenters. The summed E-state index contributed by atoms with van der Waals surface area (Å²) >= 11 is 0. The van der Waals surface area contributed by atoms with E-state index in [2.05, 4.69) is 12.2 Å². The minimum absolute atomic E-state index is 0. The fraction of sp³-hybridized carbons (Fsp3) is 0.875. The van der Waals surface area contributed by atoms with Crippen LogP contribution in [0.3, 0.4) is 0 Å². The van der Waals surface area contributed by atoms with Crippen LogP contribution in [0.1, 0.15) is 20.3 Å². The molecule has 72 valence electrons. The molecular weight excluding hydrogens is 176 g/mol. The van der Waals surface area contributed by atoms with Crippen LogP contribution in [0, 0.1) is 0 Å². The summed E-state index contributed by atoms with van der Waals surface area (Å²) in [6.45, 7) is 6.47. The van der Waals surface area contributed by atoms with Gasteiger partial charge < -0.3 is 10.2 Å². The summed E-state index contributed by atoms with van der Waals surface area (Å²) in [5.41, 5.74) is 0. The van der Waals surface area contributed by atoms with E-state index >= 15 is 0 Å². The van der Waals surface area contributed by atoms with E-state index in [0.29, 0.717) is 6.04 Å². The van der Waals surface area contributed by atoms with Gasteiger partial charge in [-0.05, 0) is 6.42 Å². The van der Waals surface area contributed by atoms with Crippen molar-refractivity contribution in [3.05, 3.63) is 0 Å². The van der Waals surface area contributed by atoms with Crippen LogP contribution in [0.2, 0.25) is 0 Å². The largest absolute Gasteiger partial charge is 0.340 e. The predicted octanol–water partition coefficient (Wildman–Crippen LogP) is 0.638. The second kappa shape index (κ2) is 5.38. The van der Waals surface area contributed by atoms with Crippen molar-refractivity contribution >= 4 is 18.3 Å². The zero-order valence-electron chi connectivity index (χ0n) is 7.67. The molecule has 0 aromatic rings. The topological polar surface area (TPSA) is 32.3 Å². The van der Waals surface area contributed by atoms with E-state index in [1.54, 1.807) is 6.92 Å². The SMILES string of the molecule is CCC1CN(C(C)=O)CCN1.Cl. The van der Waals surface area contributed by atoms with E-state index in [4.69, 9.17) is 0 Å². The Morgan fingerprint density at radius 2 is 2.33 bits per heavy atom. The molecule has 1 aliphatic rings. The van der Waals surface area contributed by atoms with Crippen molar-refractivity contribution in [3.8, 4) is 0 Å². The van der Waals surface area contributed by atoms with Crippen molar-refractivity contribution in [3.63, 3.8) is 0 Å². The van der Waals surface area contributed by atoms with E-state index in [9.17, 15) is 4.79 Å². The zero-order chi connectivity index (χ0) is 8.27. The van der Waals surface area contributed by atoms with Crippen molar-refractivity contribution in [2.45, 2.75) is 26.3 Å². The quantitative estimate of drug-likeness (QED) is 0.662. The molecule has 0 saturated carbocycles. The summed E-state index contributed by atoms with van der Waals surface area (Å²) in [6, 6.07) is 0.507. The predicted molar refractivity (Wildman–Crippen MR) is 51.6 cm³/mol. The summed E-state index contributed by atoms with van der Waals surface area (Å²) in [5, 5.41) is 3.36. The molecule has 0 radical (unpaired) electrons. The number of hydrogen-bond donors (Lipinski definition) is 1. The third kappa shape index (κ3) is 2.99. The molecule has 1 fully saturated rings. The molecule has 1 amide bonds. The fourth-order valence-electron chi connectivity index (χ4n) is 1.38. The Labute approximate surface area is 79.9 Å². The Kier molecular flexibility index (Phi) is 5.25. The highest BCUT2D eigenvalue weighted by atomic mass is 35.5. The molecule has 4 heteroatoms. The number of carbonyl (C=O) groups excluding carboxylic acids is 1. The highest BCUT2D eigenvalue weighted by Crippen LogP contribution is 2.01.